The molecule has 6 rings (SSSR count). The monoisotopic (exact) mass is 574 g/mol. The molecule has 4 heteroatoms. The second-order valence-corrected chi connectivity index (χ2v) is 10.3. The molecule has 0 atom stereocenters. The molecule has 6 aromatic rings. The molecule has 0 aliphatic carbocycles. The SMILES string of the molecule is COc1cccc(N(c2ccccc2)c2ccc(/C=C/c3ccc(N(c4ccccc4)c4cccc(OC)c4)cc3)cc2)c1. The first-order valence-electron chi connectivity index (χ1n) is 14.6. The highest BCUT2D eigenvalue weighted by atomic mass is 16.5. The van der Waals surface area contributed by atoms with Crippen molar-refractivity contribution >= 4 is 46.3 Å². The first-order chi connectivity index (χ1) is 21.7. The van der Waals surface area contributed by atoms with E-state index in [2.05, 4.69) is 143 Å². The standard InChI is InChI=1S/C40H34N2O2/c1-43-39-17-9-15-37(29-39)41(33-11-5-3-6-12-33)35-25-21-31(22-26-35)19-20-32-23-27-36(28-24-32)42(34-13-7-4-8-14-34)38-16-10-18-40(30-38)44-2/h3-30H,1-2H3/b20-19+. The first-order valence-corrected chi connectivity index (χ1v) is 14.6. The minimum Gasteiger partial charge on any atom is -0.497 e. The largest absolute Gasteiger partial charge is 0.497 e. The van der Waals surface area contributed by atoms with E-state index in [0.29, 0.717) is 0 Å². The molecule has 0 bridgehead atoms. The lowest BCUT2D eigenvalue weighted by Crippen LogP contribution is -2.09. The molecule has 0 aromatic heterocycles. The molecule has 6 aromatic carbocycles. The van der Waals surface area contributed by atoms with Gasteiger partial charge < -0.3 is 19.3 Å². The van der Waals surface area contributed by atoms with Gasteiger partial charge in [0.05, 0.1) is 14.2 Å². The van der Waals surface area contributed by atoms with Gasteiger partial charge in [0.2, 0.25) is 0 Å². The zero-order valence-corrected chi connectivity index (χ0v) is 24.9. The summed E-state index contributed by atoms with van der Waals surface area (Å²) >= 11 is 0. The Morgan fingerprint density at radius 2 is 0.705 bits per heavy atom. The average molecular weight is 575 g/mol. The third-order valence-corrected chi connectivity index (χ3v) is 7.42. The van der Waals surface area contributed by atoms with E-state index >= 15 is 0 Å². The van der Waals surface area contributed by atoms with Crippen LogP contribution in [0.3, 0.4) is 0 Å². The Balaban J connectivity index is 1.24. The maximum Gasteiger partial charge on any atom is 0.120 e. The Kier molecular flexibility index (Phi) is 8.70. The Bertz CT molecular complexity index is 1680. The van der Waals surface area contributed by atoms with Gasteiger partial charge in [-0.05, 0) is 83.9 Å². The van der Waals surface area contributed by atoms with Crippen molar-refractivity contribution in [3.63, 3.8) is 0 Å². The summed E-state index contributed by atoms with van der Waals surface area (Å²) in [7, 11) is 3.39. The minimum absolute atomic E-state index is 0.824. The van der Waals surface area contributed by atoms with Crippen molar-refractivity contribution in [1.82, 2.24) is 0 Å². The fourth-order valence-electron chi connectivity index (χ4n) is 5.21. The van der Waals surface area contributed by atoms with Crippen LogP contribution in [0, 0.1) is 0 Å². The van der Waals surface area contributed by atoms with Crippen molar-refractivity contribution in [3.8, 4) is 11.5 Å². The van der Waals surface area contributed by atoms with E-state index < -0.39 is 0 Å². The van der Waals surface area contributed by atoms with E-state index in [1.165, 1.54) is 0 Å². The van der Waals surface area contributed by atoms with Crippen LogP contribution < -0.4 is 19.3 Å². The molecule has 0 radical (unpaired) electrons. The van der Waals surface area contributed by atoms with Crippen molar-refractivity contribution in [2.45, 2.75) is 0 Å². The van der Waals surface area contributed by atoms with Gasteiger partial charge in [-0.1, -0.05) is 84.9 Å². The number of rotatable bonds is 10. The third kappa shape index (κ3) is 6.50. The summed E-state index contributed by atoms with van der Waals surface area (Å²) in [6.07, 6.45) is 4.29. The van der Waals surface area contributed by atoms with Crippen LogP contribution in [-0.4, -0.2) is 14.2 Å². The average Bonchev–Trinajstić information content (AvgIpc) is 3.10. The van der Waals surface area contributed by atoms with Gasteiger partial charge in [-0.3, -0.25) is 0 Å². The van der Waals surface area contributed by atoms with E-state index in [4.69, 9.17) is 9.47 Å². The maximum absolute atomic E-state index is 5.50. The molecule has 0 saturated heterocycles. The Labute approximate surface area is 259 Å². The van der Waals surface area contributed by atoms with Crippen LogP contribution in [0.15, 0.2) is 158 Å². The molecule has 0 aliphatic rings. The fourth-order valence-corrected chi connectivity index (χ4v) is 5.21. The summed E-state index contributed by atoms with van der Waals surface area (Å²) in [5, 5.41) is 0. The Morgan fingerprint density at radius 3 is 1.07 bits per heavy atom. The van der Waals surface area contributed by atoms with E-state index in [0.717, 1.165) is 56.8 Å². The van der Waals surface area contributed by atoms with E-state index in [9.17, 15) is 0 Å². The summed E-state index contributed by atoms with van der Waals surface area (Å²) in [5.74, 6) is 1.65. The number of ether oxygens (including phenoxy) is 2. The molecule has 0 aliphatic heterocycles. The van der Waals surface area contributed by atoms with Crippen LogP contribution in [0.1, 0.15) is 11.1 Å². The first kappa shape index (κ1) is 28.4. The Morgan fingerprint density at radius 1 is 0.364 bits per heavy atom. The summed E-state index contributed by atoms with van der Waals surface area (Å²) in [5.41, 5.74) is 8.65. The molecule has 0 N–H and O–H groups in total. The third-order valence-electron chi connectivity index (χ3n) is 7.42. The van der Waals surface area contributed by atoms with Crippen LogP contribution in [0.5, 0.6) is 11.5 Å². The van der Waals surface area contributed by atoms with Gasteiger partial charge in [0, 0.05) is 46.3 Å². The van der Waals surface area contributed by atoms with Gasteiger partial charge >= 0.3 is 0 Å². The molecule has 216 valence electrons. The lowest BCUT2D eigenvalue weighted by Gasteiger charge is -2.26. The summed E-state index contributed by atoms with van der Waals surface area (Å²) in [6.45, 7) is 0. The van der Waals surface area contributed by atoms with E-state index in [-0.39, 0.29) is 0 Å². The van der Waals surface area contributed by atoms with Gasteiger partial charge in [0.1, 0.15) is 11.5 Å². The lowest BCUT2D eigenvalue weighted by atomic mass is 10.1. The number of hydrogen-bond donors (Lipinski definition) is 0. The predicted molar refractivity (Wildman–Crippen MR) is 184 cm³/mol. The summed E-state index contributed by atoms with van der Waals surface area (Å²) in [4.78, 5) is 4.46. The number of methoxy groups -OCH3 is 2. The van der Waals surface area contributed by atoms with Gasteiger partial charge in [-0.2, -0.15) is 0 Å². The topological polar surface area (TPSA) is 24.9 Å². The lowest BCUT2D eigenvalue weighted by molar-refractivity contribution is 0.415. The second-order valence-electron chi connectivity index (χ2n) is 10.3. The molecule has 4 nitrogen and oxygen atoms in total. The number of benzene rings is 6. The van der Waals surface area contributed by atoms with Crippen LogP contribution >= 0.6 is 0 Å². The quantitative estimate of drug-likeness (QED) is 0.152. The van der Waals surface area contributed by atoms with Crippen molar-refractivity contribution in [2.75, 3.05) is 24.0 Å². The molecule has 0 amide bonds. The number of hydrogen-bond acceptors (Lipinski definition) is 4. The normalized spacial score (nSPS) is 10.9. The van der Waals surface area contributed by atoms with Crippen LogP contribution in [0.2, 0.25) is 0 Å². The number of anilines is 6. The second kappa shape index (κ2) is 13.5. The molecule has 44 heavy (non-hydrogen) atoms. The highest BCUT2D eigenvalue weighted by Gasteiger charge is 2.14. The zero-order valence-electron chi connectivity index (χ0n) is 24.9. The van der Waals surface area contributed by atoms with Crippen molar-refractivity contribution < 1.29 is 9.47 Å². The number of para-hydroxylation sites is 2. The summed E-state index contributed by atoms with van der Waals surface area (Å²) in [6, 6.07) is 54.2. The van der Waals surface area contributed by atoms with Gasteiger partial charge in [-0.15, -0.1) is 0 Å². The van der Waals surface area contributed by atoms with Gasteiger partial charge in [-0.25, -0.2) is 0 Å². The highest BCUT2D eigenvalue weighted by Crippen LogP contribution is 2.37. The van der Waals surface area contributed by atoms with Crippen LogP contribution in [0.4, 0.5) is 34.1 Å². The smallest absolute Gasteiger partial charge is 0.120 e. The summed E-state index contributed by atoms with van der Waals surface area (Å²) < 4.78 is 11.0. The van der Waals surface area contributed by atoms with Gasteiger partial charge in [0.25, 0.3) is 0 Å². The Hall–Kier alpha value is -5.74. The van der Waals surface area contributed by atoms with E-state index in [1.54, 1.807) is 14.2 Å². The molecule has 0 fully saturated rings. The van der Waals surface area contributed by atoms with Crippen molar-refractivity contribution in [1.29, 1.82) is 0 Å². The van der Waals surface area contributed by atoms with Crippen LogP contribution in [0.25, 0.3) is 12.2 Å². The maximum atomic E-state index is 5.50. The molecule has 0 heterocycles. The van der Waals surface area contributed by atoms with Crippen molar-refractivity contribution in [2.24, 2.45) is 0 Å². The number of nitrogens with zero attached hydrogens (tertiary/aromatic N) is 2. The van der Waals surface area contributed by atoms with Crippen molar-refractivity contribution in [3.05, 3.63) is 169 Å². The minimum atomic E-state index is 0.824. The predicted octanol–water partition coefficient (Wildman–Crippen LogP) is 10.8. The van der Waals surface area contributed by atoms with Crippen LogP contribution in [-0.2, 0) is 0 Å². The zero-order chi connectivity index (χ0) is 30.1. The molecular formula is C40H34N2O2. The van der Waals surface area contributed by atoms with Gasteiger partial charge in [0.15, 0.2) is 0 Å². The molecular weight excluding hydrogens is 540 g/mol. The molecule has 0 unspecified atom stereocenters. The molecule has 0 saturated carbocycles. The molecule has 0 spiro atoms. The van der Waals surface area contributed by atoms with E-state index in [1.807, 2.05) is 36.4 Å². The highest BCUT2D eigenvalue weighted by molar-refractivity contribution is 5.80. The fraction of sp³-hybridized carbons (Fsp3) is 0.0500.